The van der Waals surface area contributed by atoms with Crippen molar-refractivity contribution in [2.75, 3.05) is 12.4 Å². The molecule has 4 heteroatoms. The number of halogens is 1. The topological polar surface area (TPSA) is 34.1 Å². The molecule has 0 amide bonds. The molecular formula is C14H15ClN2O. The molecule has 1 aromatic carbocycles. The second-order valence-electron chi connectivity index (χ2n) is 3.95. The Labute approximate surface area is 112 Å². The number of benzene rings is 1. The minimum absolute atomic E-state index is 0.0804. The lowest BCUT2D eigenvalue weighted by Crippen LogP contribution is -2.08. The van der Waals surface area contributed by atoms with E-state index in [9.17, 15) is 0 Å². The molecule has 18 heavy (non-hydrogen) atoms. The van der Waals surface area contributed by atoms with Gasteiger partial charge in [0.1, 0.15) is 0 Å². The number of aromatic nitrogens is 1. The molecule has 1 N–H and O–H groups in total. The van der Waals surface area contributed by atoms with Crippen molar-refractivity contribution in [2.45, 2.75) is 13.0 Å². The standard InChI is InChI=1S/C14H15ClN2O/c1-10(11-6-3-4-7-12(11)15)17-13-8-5-9-16-14(13)18-2/h3-10,17H,1-2H3. The van der Waals surface area contributed by atoms with E-state index in [0.29, 0.717) is 5.88 Å². The van der Waals surface area contributed by atoms with Gasteiger partial charge in [0.2, 0.25) is 5.88 Å². The van der Waals surface area contributed by atoms with Crippen LogP contribution in [0.25, 0.3) is 0 Å². The highest BCUT2D eigenvalue weighted by atomic mass is 35.5. The van der Waals surface area contributed by atoms with E-state index in [0.717, 1.165) is 16.3 Å². The quantitative estimate of drug-likeness (QED) is 0.907. The number of pyridine rings is 1. The zero-order valence-corrected chi connectivity index (χ0v) is 11.1. The molecule has 0 bridgehead atoms. The Morgan fingerprint density at radius 2 is 2.00 bits per heavy atom. The molecule has 1 aromatic heterocycles. The first-order chi connectivity index (χ1) is 8.72. The Bertz CT molecular complexity index is 531. The van der Waals surface area contributed by atoms with Crippen molar-refractivity contribution in [1.29, 1.82) is 0 Å². The molecule has 0 aliphatic rings. The van der Waals surface area contributed by atoms with Crippen LogP contribution in [0.1, 0.15) is 18.5 Å². The highest BCUT2D eigenvalue weighted by Gasteiger charge is 2.11. The van der Waals surface area contributed by atoms with Gasteiger partial charge in [0.05, 0.1) is 18.8 Å². The van der Waals surface area contributed by atoms with Crippen molar-refractivity contribution < 1.29 is 4.74 Å². The molecule has 2 aromatic rings. The Kier molecular flexibility index (Phi) is 4.05. The fourth-order valence-corrected chi connectivity index (χ4v) is 2.10. The number of nitrogens with zero attached hydrogens (tertiary/aromatic N) is 1. The number of nitrogens with one attached hydrogen (secondary N) is 1. The van der Waals surface area contributed by atoms with Crippen LogP contribution in [-0.4, -0.2) is 12.1 Å². The molecule has 0 saturated carbocycles. The summed E-state index contributed by atoms with van der Waals surface area (Å²) in [5, 5.41) is 4.10. The summed E-state index contributed by atoms with van der Waals surface area (Å²) in [6, 6.07) is 11.7. The summed E-state index contributed by atoms with van der Waals surface area (Å²) in [4.78, 5) is 4.15. The number of ether oxygens (including phenoxy) is 1. The summed E-state index contributed by atoms with van der Waals surface area (Å²) in [5.74, 6) is 0.580. The third-order valence-electron chi connectivity index (χ3n) is 2.71. The number of anilines is 1. The SMILES string of the molecule is COc1ncccc1NC(C)c1ccccc1Cl. The van der Waals surface area contributed by atoms with E-state index < -0.39 is 0 Å². The smallest absolute Gasteiger partial charge is 0.237 e. The zero-order valence-electron chi connectivity index (χ0n) is 10.4. The molecule has 0 aliphatic carbocycles. The minimum atomic E-state index is 0.0804. The summed E-state index contributed by atoms with van der Waals surface area (Å²) in [5.41, 5.74) is 1.90. The summed E-state index contributed by atoms with van der Waals surface area (Å²) in [6.07, 6.45) is 1.70. The van der Waals surface area contributed by atoms with Crippen LogP contribution in [0.3, 0.4) is 0 Å². The number of methoxy groups -OCH3 is 1. The highest BCUT2D eigenvalue weighted by Crippen LogP contribution is 2.28. The third-order valence-corrected chi connectivity index (χ3v) is 3.05. The maximum Gasteiger partial charge on any atom is 0.237 e. The van der Waals surface area contributed by atoms with Gasteiger partial charge in [0, 0.05) is 11.2 Å². The summed E-state index contributed by atoms with van der Waals surface area (Å²) >= 11 is 6.17. The fourth-order valence-electron chi connectivity index (χ4n) is 1.80. The van der Waals surface area contributed by atoms with E-state index in [1.807, 2.05) is 43.3 Å². The zero-order chi connectivity index (χ0) is 13.0. The van der Waals surface area contributed by atoms with E-state index in [1.54, 1.807) is 13.3 Å². The van der Waals surface area contributed by atoms with E-state index in [4.69, 9.17) is 16.3 Å². The predicted octanol–water partition coefficient (Wildman–Crippen LogP) is 3.92. The summed E-state index contributed by atoms with van der Waals surface area (Å²) in [7, 11) is 1.60. The molecule has 94 valence electrons. The molecule has 1 heterocycles. The third kappa shape index (κ3) is 2.74. The molecule has 0 aliphatic heterocycles. The first-order valence-corrected chi connectivity index (χ1v) is 6.10. The van der Waals surface area contributed by atoms with Crippen LogP contribution in [0.4, 0.5) is 5.69 Å². The maximum absolute atomic E-state index is 6.17. The second kappa shape index (κ2) is 5.74. The van der Waals surface area contributed by atoms with E-state index in [1.165, 1.54) is 0 Å². The molecular weight excluding hydrogens is 248 g/mol. The van der Waals surface area contributed by atoms with Crippen molar-refractivity contribution in [3.63, 3.8) is 0 Å². The van der Waals surface area contributed by atoms with Gasteiger partial charge in [-0.25, -0.2) is 4.98 Å². The van der Waals surface area contributed by atoms with E-state index in [-0.39, 0.29) is 6.04 Å². The van der Waals surface area contributed by atoms with Gasteiger partial charge < -0.3 is 10.1 Å². The van der Waals surface area contributed by atoms with E-state index in [2.05, 4.69) is 10.3 Å². The summed E-state index contributed by atoms with van der Waals surface area (Å²) in [6.45, 7) is 2.05. The average Bonchev–Trinajstić information content (AvgIpc) is 2.39. The van der Waals surface area contributed by atoms with Crippen LogP contribution in [0, 0.1) is 0 Å². The van der Waals surface area contributed by atoms with Crippen LogP contribution < -0.4 is 10.1 Å². The van der Waals surface area contributed by atoms with Crippen LogP contribution in [0.2, 0.25) is 5.02 Å². The molecule has 0 fully saturated rings. The molecule has 2 rings (SSSR count). The Morgan fingerprint density at radius 1 is 1.22 bits per heavy atom. The van der Waals surface area contributed by atoms with Gasteiger partial charge in [-0.05, 0) is 30.7 Å². The van der Waals surface area contributed by atoms with Crippen LogP contribution >= 0.6 is 11.6 Å². The van der Waals surface area contributed by atoms with Crippen molar-refractivity contribution >= 4 is 17.3 Å². The Hall–Kier alpha value is -1.74. The van der Waals surface area contributed by atoms with Crippen LogP contribution in [-0.2, 0) is 0 Å². The fraction of sp³-hybridized carbons (Fsp3) is 0.214. The molecule has 1 atom stereocenters. The van der Waals surface area contributed by atoms with Gasteiger partial charge in [-0.1, -0.05) is 29.8 Å². The highest BCUT2D eigenvalue weighted by molar-refractivity contribution is 6.31. The lowest BCUT2D eigenvalue weighted by molar-refractivity contribution is 0.399. The predicted molar refractivity (Wildman–Crippen MR) is 74.3 cm³/mol. The first-order valence-electron chi connectivity index (χ1n) is 5.72. The lowest BCUT2D eigenvalue weighted by Gasteiger charge is -2.18. The van der Waals surface area contributed by atoms with Crippen LogP contribution in [0.15, 0.2) is 42.6 Å². The minimum Gasteiger partial charge on any atom is -0.480 e. The van der Waals surface area contributed by atoms with Crippen molar-refractivity contribution in [3.05, 3.63) is 53.2 Å². The normalized spacial score (nSPS) is 11.9. The number of rotatable bonds is 4. The molecule has 0 radical (unpaired) electrons. The van der Waals surface area contributed by atoms with E-state index >= 15 is 0 Å². The molecule has 0 spiro atoms. The molecule has 1 unspecified atom stereocenters. The van der Waals surface area contributed by atoms with Gasteiger partial charge in [-0.2, -0.15) is 0 Å². The van der Waals surface area contributed by atoms with Gasteiger partial charge in [-0.15, -0.1) is 0 Å². The van der Waals surface area contributed by atoms with Gasteiger partial charge in [-0.3, -0.25) is 0 Å². The van der Waals surface area contributed by atoms with Crippen molar-refractivity contribution in [3.8, 4) is 5.88 Å². The largest absolute Gasteiger partial charge is 0.480 e. The maximum atomic E-state index is 6.17. The number of hydrogen-bond acceptors (Lipinski definition) is 3. The summed E-state index contributed by atoms with van der Waals surface area (Å²) < 4.78 is 5.21. The van der Waals surface area contributed by atoms with Gasteiger partial charge in [0.15, 0.2) is 0 Å². The first kappa shape index (κ1) is 12.7. The van der Waals surface area contributed by atoms with Crippen LogP contribution in [0.5, 0.6) is 5.88 Å². The number of hydrogen-bond donors (Lipinski definition) is 1. The van der Waals surface area contributed by atoms with Gasteiger partial charge >= 0.3 is 0 Å². The average molecular weight is 263 g/mol. The monoisotopic (exact) mass is 262 g/mol. The molecule has 0 saturated heterocycles. The second-order valence-corrected chi connectivity index (χ2v) is 4.35. The van der Waals surface area contributed by atoms with Crippen molar-refractivity contribution in [2.24, 2.45) is 0 Å². The molecule has 3 nitrogen and oxygen atoms in total. The lowest BCUT2D eigenvalue weighted by atomic mass is 10.1. The Morgan fingerprint density at radius 3 is 2.72 bits per heavy atom. The van der Waals surface area contributed by atoms with Crippen molar-refractivity contribution in [1.82, 2.24) is 4.98 Å². The Balaban J connectivity index is 2.21. The van der Waals surface area contributed by atoms with Gasteiger partial charge in [0.25, 0.3) is 0 Å².